The maximum absolute atomic E-state index is 13.3. The van der Waals surface area contributed by atoms with E-state index in [9.17, 15) is 14.0 Å². The van der Waals surface area contributed by atoms with Crippen molar-refractivity contribution in [3.05, 3.63) is 35.6 Å². The van der Waals surface area contributed by atoms with Gasteiger partial charge in [0.2, 0.25) is 5.91 Å². The summed E-state index contributed by atoms with van der Waals surface area (Å²) >= 11 is 0. The molecule has 136 valence electrons. The highest BCUT2D eigenvalue weighted by atomic mass is 19.1. The lowest BCUT2D eigenvalue weighted by molar-refractivity contribution is -0.138. The summed E-state index contributed by atoms with van der Waals surface area (Å²) in [6.45, 7) is 4.71. The molecule has 25 heavy (non-hydrogen) atoms. The second-order valence-electron chi connectivity index (χ2n) is 6.91. The molecule has 1 saturated heterocycles. The molecule has 1 aliphatic heterocycles. The van der Waals surface area contributed by atoms with Crippen molar-refractivity contribution in [3.63, 3.8) is 0 Å². The van der Waals surface area contributed by atoms with Crippen LogP contribution in [-0.4, -0.2) is 54.5 Å². The van der Waals surface area contributed by atoms with Gasteiger partial charge in [-0.05, 0) is 37.5 Å². The molecule has 5 nitrogen and oxygen atoms in total. The predicted octanol–water partition coefficient (Wildman–Crippen LogP) is 2.51. The molecule has 1 aliphatic carbocycles. The third kappa shape index (κ3) is 3.48. The average molecular weight is 347 g/mol. The Hall–Kier alpha value is -2.11. The molecule has 3 rings (SSSR count). The number of carbonyl (C=O) groups excluding carboxylic acids is 2. The maximum atomic E-state index is 13.3. The van der Waals surface area contributed by atoms with E-state index in [1.54, 1.807) is 17.0 Å². The van der Waals surface area contributed by atoms with Crippen molar-refractivity contribution in [1.82, 2.24) is 15.1 Å². The van der Waals surface area contributed by atoms with Crippen LogP contribution in [0.25, 0.3) is 0 Å². The third-order valence-electron chi connectivity index (χ3n) is 5.45. The Bertz CT molecular complexity index is 618. The van der Waals surface area contributed by atoms with Gasteiger partial charge in [-0.25, -0.2) is 9.18 Å². The van der Waals surface area contributed by atoms with Crippen molar-refractivity contribution in [3.8, 4) is 0 Å². The van der Waals surface area contributed by atoms with Gasteiger partial charge in [-0.2, -0.15) is 0 Å². The highest BCUT2D eigenvalue weighted by Gasteiger charge is 2.45. The van der Waals surface area contributed by atoms with Crippen molar-refractivity contribution in [2.75, 3.05) is 32.7 Å². The van der Waals surface area contributed by atoms with Crippen LogP contribution in [0.2, 0.25) is 0 Å². The zero-order chi connectivity index (χ0) is 17.9. The Morgan fingerprint density at radius 3 is 2.16 bits per heavy atom. The molecule has 2 fully saturated rings. The zero-order valence-corrected chi connectivity index (χ0v) is 14.8. The lowest BCUT2D eigenvalue weighted by atomic mass is 9.77. The van der Waals surface area contributed by atoms with E-state index in [1.165, 1.54) is 12.1 Å². The third-order valence-corrected chi connectivity index (χ3v) is 5.45. The summed E-state index contributed by atoms with van der Waals surface area (Å²) in [6.07, 6.45) is 3.66. The Kier molecular flexibility index (Phi) is 5.25. The largest absolute Gasteiger partial charge is 0.338 e. The molecule has 0 spiro atoms. The molecule has 0 unspecified atom stereocenters. The SMILES string of the molecule is CCNC(=O)N1CCN(C(=O)C2(c3ccc(F)cc3)CCCC2)CC1. The fraction of sp³-hybridized carbons (Fsp3) is 0.579. The summed E-state index contributed by atoms with van der Waals surface area (Å²) < 4.78 is 13.3. The van der Waals surface area contributed by atoms with Crippen LogP contribution < -0.4 is 5.32 Å². The summed E-state index contributed by atoms with van der Waals surface area (Å²) in [7, 11) is 0. The summed E-state index contributed by atoms with van der Waals surface area (Å²) in [4.78, 5) is 28.9. The standard InChI is InChI=1S/C19H26FN3O2/c1-2-21-18(25)23-13-11-22(12-14-23)17(24)19(9-3-4-10-19)15-5-7-16(20)8-6-15/h5-8H,2-4,9-14H2,1H3,(H,21,25). The molecule has 1 N–H and O–H groups in total. The maximum Gasteiger partial charge on any atom is 0.317 e. The van der Waals surface area contributed by atoms with E-state index in [2.05, 4.69) is 5.32 Å². The second-order valence-corrected chi connectivity index (χ2v) is 6.91. The zero-order valence-electron chi connectivity index (χ0n) is 14.8. The van der Waals surface area contributed by atoms with Gasteiger partial charge in [0.05, 0.1) is 5.41 Å². The number of piperazine rings is 1. The first-order valence-corrected chi connectivity index (χ1v) is 9.15. The monoisotopic (exact) mass is 347 g/mol. The number of nitrogens with zero attached hydrogens (tertiary/aromatic N) is 2. The minimum atomic E-state index is -0.526. The van der Waals surface area contributed by atoms with Gasteiger partial charge in [-0.15, -0.1) is 0 Å². The second kappa shape index (κ2) is 7.42. The lowest BCUT2D eigenvalue weighted by Crippen LogP contribution is -2.56. The number of benzene rings is 1. The van der Waals surface area contributed by atoms with Crippen LogP contribution >= 0.6 is 0 Å². The molecular formula is C19H26FN3O2. The number of urea groups is 1. The number of hydrogen-bond donors (Lipinski definition) is 1. The molecular weight excluding hydrogens is 321 g/mol. The Labute approximate surface area is 148 Å². The van der Waals surface area contributed by atoms with Gasteiger partial charge in [0.25, 0.3) is 0 Å². The summed E-state index contributed by atoms with van der Waals surface area (Å²) in [5, 5.41) is 2.80. The first-order chi connectivity index (χ1) is 12.1. The fourth-order valence-corrected chi connectivity index (χ4v) is 4.05. The van der Waals surface area contributed by atoms with Gasteiger partial charge >= 0.3 is 6.03 Å². The molecule has 6 heteroatoms. The molecule has 1 heterocycles. The number of rotatable bonds is 3. The van der Waals surface area contributed by atoms with Crippen molar-refractivity contribution in [1.29, 1.82) is 0 Å². The molecule has 1 aromatic rings. The fourth-order valence-electron chi connectivity index (χ4n) is 4.05. The number of carbonyl (C=O) groups is 2. The van der Waals surface area contributed by atoms with Crippen LogP contribution in [0.5, 0.6) is 0 Å². The Morgan fingerprint density at radius 2 is 1.60 bits per heavy atom. The molecule has 1 saturated carbocycles. The minimum absolute atomic E-state index is 0.0660. The number of amides is 3. The summed E-state index contributed by atoms with van der Waals surface area (Å²) in [5.74, 6) is -0.146. The quantitative estimate of drug-likeness (QED) is 0.913. The topological polar surface area (TPSA) is 52.7 Å². The van der Waals surface area contributed by atoms with Gasteiger partial charge in [0.1, 0.15) is 5.82 Å². The van der Waals surface area contributed by atoms with E-state index in [1.807, 2.05) is 11.8 Å². The molecule has 0 bridgehead atoms. The molecule has 0 atom stereocenters. The van der Waals surface area contributed by atoms with E-state index < -0.39 is 5.41 Å². The summed E-state index contributed by atoms with van der Waals surface area (Å²) in [6, 6.07) is 6.32. The van der Waals surface area contributed by atoms with Gasteiger partial charge in [-0.1, -0.05) is 25.0 Å². The van der Waals surface area contributed by atoms with E-state index >= 15 is 0 Å². The summed E-state index contributed by atoms with van der Waals surface area (Å²) in [5.41, 5.74) is 0.393. The van der Waals surface area contributed by atoms with Crippen LogP contribution in [0.1, 0.15) is 38.2 Å². The van der Waals surface area contributed by atoms with Gasteiger partial charge < -0.3 is 15.1 Å². The van der Waals surface area contributed by atoms with Crippen molar-refractivity contribution in [2.45, 2.75) is 38.0 Å². The van der Waals surface area contributed by atoms with Crippen LogP contribution in [0, 0.1) is 5.82 Å². The van der Waals surface area contributed by atoms with E-state index in [0.717, 1.165) is 31.2 Å². The number of hydrogen-bond acceptors (Lipinski definition) is 2. The van der Waals surface area contributed by atoms with Crippen LogP contribution in [0.4, 0.5) is 9.18 Å². The van der Waals surface area contributed by atoms with E-state index in [0.29, 0.717) is 32.7 Å². The molecule has 2 aliphatic rings. The van der Waals surface area contributed by atoms with Gasteiger partial charge in [0.15, 0.2) is 0 Å². The van der Waals surface area contributed by atoms with Crippen molar-refractivity contribution in [2.24, 2.45) is 0 Å². The molecule has 0 aromatic heterocycles. The van der Waals surface area contributed by atoms with Gasteiger partial charge in [0, 0.05) is 32.7 Å². The van der Waals surface area contributed by atoms with Crippen LogP contribution in [-0.2, 0) is 10.2 Å². The van der Waals surface area contributed by atoms with E-state index in [4.69, 9.17) is 0 Å². The minimum Gasteiger partial charge on any atom is -0.338 e. The Morgan fingerprint density at radius 1 is 1.04 bits per heavy atom. The molecule has 3 amide bonds. The van der Waals surface area contributed by atoms with Gasteiger partial charge in [-0.3, -0.25) is 4.79 Å². The van der Waals surface area contributed by atoms with Crippen molar-refractivity contribution >= 4 is 11.9 Å². The van der Waals surface area contributed by atoms with Crippen LogP contribution in [0.15, 0.2) is 24.3 Å². The highest BCUT2D eigenvalue weighted by molar-refractivity contribution is 5.89. The Balaban J connectivity index is 1.72. The normalized spacial score (nSPS) is 19.8. The lowest BCUT2D eigenvalue weighted by Gasteiger charge is -2.40. The highest BCUT2D eigenvalue weighted by Crippen LogP contribution is 2.42. The number of halogens is 1. The number of nitrogens with one attached hydrogen (secondary N) is 1. The molecule has 1 aromatic carbocycles. The molecule has 0 radical (unpaired) electrons. The predicted molar refractivity (Wildman–Crippen MR) is 93.8 cm³/mol. The smallest absolute Gasteiger partial charge is 0.317 e. The average Bonchev–Trinajstić information content (AvgIpc) is 3.13. The first kappa shape index (κ1) is 17.7. The van der Waals surface area contributed by atoms with Crippen LogP contribution in [0.3, 0.4) is 0 Å². The first-order valence-electron chi connectivity index (χ1n) is 9.15. The van der Waals surface area contributed by atoms with Crippen molar-refractivity contribution < 1.29 is 14.0 Å². The van der Waals surface area contributed by atoms with E-state index in [-0.39, 0.29) is 17.8 Å².